The van der Waals surface area contributed by atoms with Gasteiger partial charge in [-0.3, -0.25) is 13.8 Å². The van der Waals surface area contributed by atoms with Crippen molar-refractivity contribution in [3.05, 3.63) is 64.0 Å². The molecule has 1 N–H and O–H groups in total. The average molecular weight is 479 g/mol. The van der Waals surface area contributed by atoms with E-state index in [1.165, 1.54) is 42.4 Å². The van der Waals surface area contributed by atoms with E-state index in [0.717, 1.165) is 23.3 Å². The monoisotopic (exact) mass is 478 g/mol. The van der Waals surface area contributed by atoms with Crippen LogP contribution in [0.2, 0.25) is 0 Å². The Bertz CT molecular complexity index is 1110. The smallest absolute Gasteiger partial charge is 0.100 e. The molecule has 186 valence electrons. The maximum atomic E-state index is 12.9. The molecule has 1 saturated carbocycles. The van der Waals surface area contributed by atoms with Gasteiger partial charge >= 0.3 is 0 Å². The zero-order valence-corrected chi connectivity index (χ0v) is 21.0. The molecule has 4 rings (SSSR count). The number of aliphatic hydroxyl groups excluding tert-OH is 1. The van der Waals surface area contributed by atoms with Gasteiger partial charge < -0.3 is 5.11 Å². The van der Waals surface area contributed by atoms with E-state index in [-0.39, 0.29) is 6.42 Å². The number of nitriles is 1. The topological polar surface area (TPSA) is 56.9 Å². The Morgan fingerprint density at radius 1 is 1.11 bits per heavy atom. The third kappa shape index (κ3) is 5.19. The highest BCUT2D eigenvalue weighted by Gasteiger charge is 2.36. The molecule has 1 aromatic carbocycles. The summed E-state index contributed by atoms with van der Waals surface area (Å²) in [6.07, 6.45) is 6.43. The molecule has 35 heavy (non-hydrogen) atoms. The standard InChI is InChI=1S/C30H36F2N2O/c1-18-10-25-20(3)24(22-6-4-5-7-22)13-27(28(16-33)26(25)11-19(18)2)29-9-8-23(17-34-29)30(35)12-21(14-31)15-32/h8-11,17,20-22,24,30,35H,4-7,12-15H2,1-3H3. The number of aryl methyl sites for hydroxylation is 2. The van der Waals surface area contributed by atoms with Crippen molar-refractivity contribution in [1.82, 2.24) is 4.98 Å². The lowest BCUT2D eigenvalue weighted by Crippen LogP contribution is -2.19. The first kappa shape index (κ1) is 25.5. The van der Waals surface area contributed by atoms with Gasteiger partial charge in [0.2, 0.25) is 0 Å². The lowest BCUT2D eigenvalue weighted by Gasteiger charge is -2.30. The molecule has 2 aliphatic carbocycles. The number of hydrogen-bond donors (Lipinski definition) is 1. The summed E-state index contributed by atoms with van der Waals surface area (Å²) in [4.78, 5) is 4.66. The Hall–Kier alpha value is -2.58. The molecule has 0 bridgehead atoms. The number of alkyl halides is 2. The Morgan fingerprint density at radius 3 is 2.40 bits per heavy atom. The summed E-state index contributed by atoms with van der Waals surface area (Å²) < 4.78 is 25.9. The lowest BCUT2D eigenvalue weighted by atomic mass is 9.75. The van der Waals surface area contributed by atoms with Crippen molar-refractivity contribution in [2.24, 2.45) is 17.8 Å². The third-order valence-electron chi connectivity index (χ3n) is 8.40. The number of allylic oxidation sites excluding steroid dienone is 2. The zero-order valence-electron chi connectivity index (χ0n) is 21.0. The van der Waals surface area contributed by atoms with Crippen LogP contribution in [-0.4, -0.2) is 23.4 Å². The summed E-state index contributed by atoms with van der Waals surface area (Å²) in [5.41, 5.74) is 7.62. The maximum Gasteiger partial charge on any atom is 0.100 e. The molecule has 2 aromatic rings. The highest BCUT2D eigenvalue weighted by molar-refractivity contribution is 5.98. The first-order chi connectivity index (χ1) is 16.9. The molecule has 3 nitrogen and oxygen atoms in total. The van der Waals surface area contributed by atoms with Gasteiger partial charge in [-0.25, -0.2) is 0 Å². The number of pyridine rings is 1. The van der Waals surface area contributed by atoms with Crippen LogP contribution in [0.4, 0.5) is 8.78 Å². The van der Waals surface area contributed by atoms with Crippen LogP contribution in [0.1, 0.15) is 91.0 Å². The van der Waals surface area contributed by atoms with Gasteiger partial charge in [-0.15, -0.1) is 0 Å². The van der Waals surface area contributed by atoms with Crippen LogP contribution in [0.25, 0.3) is 11.1 Å². The largest absolute Gasteiger partial charge is 0.388 e. The molecule has 0 radical (unpaired) electrons. The minimum Gasteiger partial charge on any atom is -0.388 e. The van der Waals surface area contributed by atoms with E-state index in [2.05, 4.69) is 44.0 Å². The first-order valence-corrected chi connectivity index (χ1v) is 12.9. The van der Waals surface area contributed by atoms with E-state index >= 15 is 0 Å². The van der Waals surface area contributed by atoms with Crippen molar-refractivity contribution in [3.63, 3.8) is 0 Å². The summed E-state index contributed by atoms with van der Waals surface area (Å²) in [6, 6.07) is 10.6. The molecule has 1 heterocycles. The molecule has 3 unspecified atom stereocenters. The maximum absolute atomic E-state index is 12.9. The van der Waals surface area contributed by atoms with Gasteiger partial charge in [0.15, 0.2) is 0 Å². The number of fused-ring (bicyclic) bond motifs is 1. The SMILES string of the molecule is Cc1cc2c(cc1C)C(C)C(C1CCCC1)CC(c1ccc(C(O)CC(CF)CF)cn1)=C2C#N. The van der Waals surface area contributed by atoms with E-state index in [1.807, 2.05) is 6.07 Å². The van der Waals surface area contributed by atoms with Crippen LogP contribution < -0.4 is 0 Å². The predicted octanol–water partition coefficient (Wildman–Crippen LogP) is 7.43. The summed E-state index contributed by atoms with van der Waals surface area (Å²) in [7, 11) is 0. The second-order valence-electron chi connectivity index (χ2n) is 10.6. The first-order valence-electron chi connectivity index (χ1n) is 12.9. The molecule has 3 atom stereocenters. The van der Waals surface area contributed by atoms with Crippen LogP contribution in [0, 0.1) is 42.9 Å². The van der Waals surface area contributed by atoms with Gasteiger partial charge in [-0.05, 0) is 83.9 Å². The fraction of sp³-hybridized carbons (Fsp3) is 0.533. The molecule has 1 aromatic heterocycles. The number of hydrogen-bond acceptors (Lipinski definition) is 3. The van der Waals surface area contributed by atoms with Gasteiger partial charge in [0.1, 0.15) is 6.07 Å². The van der Waals surface area contributed by atoms with Crippen molar-refractivity contribution in [1.29, 1.82) is 5.26 Å². The molecule has 5 heteroatoms. The van der Waals surface area contributed by atoms with Crippen molar-refractivity contribution in [3.8, 4) is 6.07 Å². The molecule has 0 amide bonds. The van der Waals surface area contributed by atoms with Gasteiger partial charge in [0.25, 0.3) is 0 Å². The molecule has 0 saturated heterocycles. The molecule has 2 aliphatic rings. The highest BCUT2D eigenvalue weighted by Crippen LogP contribution is 2.49. The number of benzene rings is 1. The van der Waals surface area contributed by atoms with E-state index in [4.69, 9.17) is 0 Å². The van der Waals surface area contributed by atoms with E-state index < -0.39 is 25.4 Å². The van der Waals surface area contributed by atoms with Crippen LogP contribution in [0.15, 0.2) is 30.5 Å². The second kappa shape index (κ2) is 11.0. The predicted molar refractivity (Wildman–Crippen MR) is 136 cm³/mol. The number of halogens is 2. The molecular formula is C30H36F2N2O. The number of nitrogens with zero attached hydrogens (tertiary/aromatic N) is 2. The Labute approximate surface area is 207 Å². The normalized spacial score (nSPS) is 21.7. The Kier molecular flexibility index (Phi) is 8.02. The van der Waals surface area contributed by atoms with Gasteiger partial charge in [-0.2, -0.15) is 5.26 Å². The van der Waals surface area contributed by atoms with E-state index in [1.54, 1.807) is 12.3 Å². The second-order valence-corrected chi connectivity index (χ2v) is 10.6. The quantitative estimate of drug-likeness (QED) is 0.450. The van der Waals surface area contributed by atoms with Crippen LogP contribution >= 0.6 is 0 Å². The van der Waals surface area contributed by atoms with Gasteiger partial charge in [0, 0.05) is 12.1 Å². The Morgan fingerprint density at radius 2 is 1.80 bits per heavy atom. The molecule has 0 spiro atoms. The van der Waals surface area contributed by atoms with Gasteiger partial charge in [-0.1, -0.05) is 50.8 Å². The number of aliphatic hydroxyl groups is 1. The van der Waals surface area contributed by atoms with E-state index in [9.17, 15) is 19.1 Å². The van der Waals surface area contributed by atoms with Crippen molar-refractivity contribution in [2.75, 3.05) is 13.3 Å². The number of aromatic nitrogens is 1. The lowest BCUT2D eigenvalue weighted by molar-refractivity contribution is 0.124. The van der Waals surface area contributed by atoms with E-state index in [0.29, 0.717) is 28.9 Å². The van der Waals surface area contributed by atoms with Crippen molar-refractivity contribution >= 4 is 11.1 Å². The van der Waals surface area contributed by atoms with Crippen LogP contribution in [0.3, 0.4) is 0 Å². The Balaban J connectivity index is 1.77. The minimum atomic E-state index is -0.968. The fourth-order valence-electron chi connectivity index (χ4n) is 6.06. The fourth-order valence-corrected chi connectivity index (χ4v) is 6.06. The van der Waals surface area contributed by atoms with Crippen LogP contribution in [0.5, 0.6) is 0 Å². The molecule has 0 aliphatic heterocycles. The highest BCUT2D eigenvalue weighted by atomic mass is 19.1. The van der Waals surface area contributed by atoms with Crippen molar-refractivity contribution in [2.45, 2.75) is 71.3 Å². The van der Waals surface area contributed by atoms with Gasteiger partial charge in [0.05, 0.1) is 30.7 Å². The van der Waals surface area contributed by atoms with Crippen LogP contribution in [-0.2, 0) is 0 Å². The minimum absolute atomic E-state index is 0.0213. The average Bonchev–Trinajstić information content (AvgIpc) is 3.37. The molecule has 1 fully saturated rings. The zero-order chi connectivity index (χ0) is 25.1. The summed E-state index contributed by atoms with van der Waals surface area (Å²) >= 11 is 0. The number of rotatable bonds is 7. The van der Waals surface area contributed by atoms with Crippen molar-refractivity contribution < 1.29 is 13.9 Å². The summed E-state index contributed by atoms with van der Waals surface area (Å²) in [5, 5.41) is 20.8. The third-order valence-corrected chi connectivity index (χ3v) is 8.40. The molecular weight excluding hydrogens is 442 g/mol. The summed E-state index contributed by atoms with van der Waals surface area (Å²) in [6.45, 7) is 4.95. The summed E-state index contributed by atoms with van der Waals surface area (Å²) in [5.74, 6) is 0.594.